The van der Waals surface area contributed by atoms with Crippen LogP contribution in [0.2, 0.25) is 0 Å². The molecule has 2 heterocycles. The number of piperidine rings is 2. The number of guanidine groups is 1. The van der Waals surface area contributed by atoms with Gasteiger partial charge in [0.25, 0.3) is 0 Å². The van der Waals surface area contributed by atoms with Gasteiger partial charge < -0.3 is 9.80 Å². The standard InChI is InChI=1S/C14H29N5/c1-12(2)16-14(17-15)19-10-6-13(7-11-19)18-8-4-3-5-9-18/h12-13H,3-11,15H2,1-2H3,(H,16,17). The minimum absolute atomic E-state index is 0.283. The smallest absolute Gasteiger partial charge is 0.208 e. The Kier molecular flexibility index (Phi) is 5.45. The molecule has 0 saturated carbocycles. The van der Waals surface area contributed by atoms with Crippen molar-refractivity contribution in [2.24, 2.45) is 10.8 Å². The first-order valence-corrected chi connectivity index (χ1v) is 7.74. The van der Waals surface area contributed by atoms with Gasteiger partial charge in [-0.15, -0.1) is 0 Å². The second kappa shape index (κ2) is 7.10. The topological polar surface area (TPSA) is 56.9 Å². The van der Waals surface area contributed by atoms with Crippen LogP contribution in [0.4, 0.5) is 0 Å². The Morgan fingerprint density at radius 1 is 1.11 bits per heavy atom. The fourth-order valence-electron chi connectivity index (χ4n) is 3.18. The molecule has 19 heavy (non-hydrogen) atoms. The van der Waals surface area contributed by atoms with E-state index in [4.69, 9.17) is 5.84 Å². The summed E-state index contributed by atoms with van der Waals surface area (Å²) in [6.45, 7) is 8.89. The van der Waals surface area contributed by atoms with Gasteiger partial charge in [-0.3, -0.25) is 5.43 Å². The maximum Gasteiger partial charge on any atom is 0.208 e. The molecule has 2 aliphatic heterocycles. The maximum atomic E-state index is 5.60. The molecule has 0 atom stereocenters. The van der Waals surface area contributed by atoms with E-state index in [1.807, 2.05) is 0 Å². The van der Waals surface area contributed by atoms with Crippen molar-refractivity contribution in [3.63, 3.8) is 0 Å². The highest BCUT2D eigenvalue weighted by molar-refractivity contribution is 5.79. The second-order valence-corrected chi connectivity index (χ2v) is 6.01. The molecule has 5 heteroatoms. The molecule has 2 rings (SSSR count). The van der Waals surface area contributed by atoms with Gasteiger partial charge in [0.15, 0.2) is 0 Å². The van der Waals surface area contributed by atoms with Crippen molar-refractivity contribution >= 4 is 5.96 Å². The Morgan fingerprint density at radius 2 is 1.74 bits per heavy atom. The third kappa shape index (κ3) is 4.08. The van der Waals surface area contributed by atoms with Crippen LogP contribution in [0.1, 0.15) is 46.0 Å². The third-order valence-electron chi connectivity index (χ3n) is 4.18. The van der Waals surface area contributed by atoms with Crippen LogP contribution < -0.4 is 11.3 Å². The quantitative estimate of drug-likeness (QED) is 0.341. The zero-order valence-electron chi connectivity index (χ0n) is 12.4. The molecular weight excluding hydrogens is 238 g/mol. The Labute approximate surface area is 117 Å². The molecule has 3 N–H and O–H groups in total. The molecule has 0 radical (unpaired) electrons. The van der Waals surface area contributed by atoms with Crippen molar-refractivity contribution in [2.75, 3.05) is 26.2 Å². The minimum atomic E-state index is 0.283. The van der Waals surface area contributed by atoms with Gasteiger partial charge in [-0.25, -0.2) is 10.8 Å². The highest BCUT2D eigenvalue weighted by Crippen LogP contribution is 2.20. The Morgan fingerprint density at radius 3 is 2.26 bits per heavy atom. The number of hydrogen-bond donors (Lipinski definition) is 2. The summed E-state index contributed by atoms with van der Waals surface area (Å²) >= 11 is 0. The van der Waals surface area contributed by atoms with E-state index >= 15 is 0 Å². The zero-order chi connectivity index (χ0) is 13.7. The van der Waals surface area contributed by atoms with Crippen LogP contribution >= 0.6 is 0 Å². The van der Waals surface area contributed by atoms with E-state index in [9.17, 15) is 0 Å². The molecule has 0 bridgehead atoms. The Hall–Kier alpha value is -0.810. The third-order valence-corrected chi connectivity index (χ3v) is 4.18. The van der Waals surface area contributed by atoms with Gasteiger partial charge >= 0.3 is 0 Å². The fourth-order valence-corrected chi connectivity index (χ4v) is 3.18. The van der Waals surface area contributed by atoms with Gasteiger partial charge in [0.05, 0.1) is 0 Å². The molecule has 0 aromatic carbocycles. The number of likely N-dealkylation sites (tertiary alicyclic amines) is 2. The molecule has 5 nitrogen and oxygen atoms in total. The summed E-state index contributed by atoms with van der Waals surface area (Å²) in [5.41, 5.74) is 2.76. The van der Waals surface area contributed by atoms with Crippen molar-refractivity contribution in [1.29, 1.82) is 0 Å². The summed E-state index contributed by atoms with van der Waals surface area (Å²) in [7, 11) is 0. The minimum Gasteiger partial charge on any atom is -0.342 e. The van der Waals surface area contributed by atoms with Gasteiger partial charge in [0.1, 0.15) is 0 Å². The molecule has 2 saturated heterocycles. The monoisotopic (exact) mass is 267 g/mol. The fraction of sp³-hybridized carbons (Fsp3) is 0.929. The second-order valence-electron chi connectivity index (χ2n) is 6.01. The van der Waals surface area contributed by atoms with Crippen LogP contribution in [0.3, 0.4) is 0 Å². The SMILES string of the molecule is CC(C)N=C(NN)N1CCC(N2CCCCC2)CC1. The molecule has 0 spiro atoms. The van der Waals surface area contributed by atoms with Crippen LogP contribution in [0, 0.1) is 0 Å². The molecular formula is C14H29N5. The molecule has 0 aliphatic carbocycles. The maximum absolute atomic E-state index is 5.60. The van der Waals surface area contributed by atoms with Crippen LogP contribution in [0.25, 0.3) is 0 Å². The lowest BCUT2D eigenvalue weighted by Crippen LogP contribution is -2.52. The number of nitrogens with two attached hydrogens (primary N) is 1. The van der Waals surface area contributed by atoms with Gasteiger partial charge in [0, 0.05) is 25.2 Å². The number of hydrogen-bond acceptors (Lipinski definition) is 3. The predicted molar refractivity (Wildman–Crippen MR) is 79.9 cm³/mol. The molecule has 110 valence electrons. The molecule has 0 aromatic heterocycles. The van der Waals surface area contributed by atoms with Crippen LogP contribution in [-0.2, 0) is 0 Å². The van der Waals surface area contributed by atoms with Crippen LogP contribution in [0.15, 0.2) is 4.99 Å². The van der Waals surface area contributed by atoms with Gasteiger partial charge in [0.2, 0.25) is 5.96 Å². The molecule has 2 fully saturated rings. The summed E-state index contributed by atoms with van der Waals surface area (Å²) in [6.07, 6.45) is 6.64. The summed E-state index contributed by atoms with van der Waals surface area (Å²) in [6, 6.07) is 1.06. The van der Waals surface area contributed by atoms with Gasteiger partial charge in [-0.2, -0.15) is 0 Å². The number of nitrogens with one attached hydrogen (secondary N) is 1. The molecule has 2 aliphatic rings. The number of rotatable bonds is 2. The Bertz CT molecular complexity index is 288. The van der Waals surface area contributed by atoms with Crippen molar-refractivity contribution in [2.45, 2.75) is 58.0 Å². The lowest BCUT2D eigenvalue weighted by atomic mass is 10.00. The Balaban J connectivity index is 1.84. The van der Waals surface area contributed by atoms with E-state index < -0.39 is 0 Å². The predicted octanol–water partition coefficient (Wildman–Crippen LogP) is 1.16. The first-order chi connectivity index (χ1) is 9.20. The summed E-state index contributed by atoms with van der Waals surface area (Å²) in [4.78, 5) is 9.53. The first-order valence-electron chi connectivity index (χ1n) is 7.74. The lowest BCUT2D eigenvalue weighted by Gasteiger charge is -2.41. The first kappa shape index (κ1) is 14.6. The number of hydrazine groups is 1. The van der Waals surface area contributed by atoms with Crippen molar-refractivity contribution in [1.82, 2.24) is 15.2 Å². The van der Waals surface area contributed by atoms with E-state index in [-0.39, 0.29) is 6.04 Å². The molecule has 0 amide bonds. The average molecular weight is 267 g/mol. The van der Waals surface area contributed by atoms with Crippen molar-refractivity contribution < 1.29 is 0 Å². The van der Waals surface area contributed by atoms with Crippen molar-refractivity contribution in [3.05, 3.63) is 0 Å². The summed E-state index contributed by atoms with van der Waals surface area (Å²) in [5, 5.41) is 0. The highest BCUT2D eigenvalue weighted by Gasteiger charge is 2.26. The number of nitrogens with zero attached hydrogens (tertiary/aromatic N) is 3. The van der Waals surface area contributed by atoms with Gasteiger partial charge in [-0.1, -0.05) is 6.42 Å². The zero-order valence-corrected chi connectivity index (χ0v) is 12.4. The largest absolute Gasteiger partial charge is 0.342 e. The molecule has 0 unspecified atom stereocenters. The van der Waals surface area contributed by atoms with E-state index in [1.165, 1.54) is 45.2 Å². The summed E-state index contributed by atoms with van der Waals surface area (Å²) < 4.78 is 0. The highest BCUT2D eigenvalue weighted by atomic mass is 15.4. The van der Waals surface area contributed by atoms with E-state index in [2.05, 4.69) is 34.1 Å². The van der Waals surface area contributed by atoms with Crippen molar-refractivity contribution in [3.8, 4) is 0 Å². The van der Waals surface area contributed by atoms with Gasteiger partial charge in [-0.05, 0) is 52.6 Å². The van der Waals surface area contributed by atoms with Crippen LogP contribution in [-0.4, -0.2) is 54.0 Å². The number of aliphatic imine (C=N–C) groups is 1. The lowest BCUT2D eigenvalue weighted by molar-refractivity contribution is 0.114. The van der Waals surface area contributed by atoms with E-state index in [0.717, 1.165) is 25.1 Å². The normalized spacial score (nSPS) is 24.0. The summed E-state index contributed by atoms with van der Waals surface area (Å²) in [5.74, 6) is 6.45. The van der Waals surface area contributed by atoms with Crippen LogP contribution in [0.5, 0.6) is 0 Å². The van der Waals surface area contributed by atoms with E-state index in [1.54, 1.807) is 0 Å². The molecule has 0 aromatic rings. The average Bonchev–Trinajstić information content (AvgIpc) is 2.46. The van der Waals surface area contributed by atoms with E-state index in [0.29, 0.717) is 0 Å².